The molecule has 0 unspecified atom stereocenters. The molecule has 2 aromatic rings. The van der Waals surface area contributed by atoms with Gasteiger partial charge in [0.05, 0.1) is 11.1 Å². The van der Waals surface area contributed by atoms with Crippen molar-refractivity contribution in [3.05, 3.63) is 29.6 Å². The van der Waals surface area contributed by atoms with Crippen LogP contribution < -0.4 is 0 Å². The zero-order chi connectivity index (χ0) is 12.6. The van der Waals surface area contributed by atoms with Crippen molar-refractivity contribution in [2.45, 2.75) is 44.4 Å². The highest BCUT2D eigenvalue weighted by molar-refractivity contribution is 5.81. The highest BCUT2D eigenvalue weighted by atomic mass is 14.9. The Morgan fingerprint density at radius 1 is 1.28 bits per heavy atom. The van der Waals surface area contributed by atoms with Crippen molar-refractivity contribution in [1.29, 1.82) is 5.26 Å². The van der Waals surface area contributed by atoms with Crippen LogP contribution in [0.4, 0.5) is 0 Å². The van der Waals surface area contributed by atoms with Crippen molar-refractivity contribution in [3.8, 4) is 6.07 Å². The summed E-state index contributed by atoms with van der Waals surface area (Å²) in [5.74, 6) is 1.06. The predicted molar refractivity (Wildman–Crippen MR) is 71.2 cm³/mol. The number of fused-ring (bicyclic) bond motifs is 1. The number of nitriles is 1. The van der Waals surface area contributed by atoms with Gasteiger partial charge in [-0.3, -0.25) is 0 Å². The van der Waals surface area contributed by atoms with Gasteiger partial charge in [0, 0.05) is 5.41 Å². The number of nitrogens with zero attached hydrogens (tertiary/aromatic N) is 2. The Kier molecular flexibility index (Phi) is 2.59. The number of aromatic nitrogens is 2. The summed E-state index contributed by atoms with van der Waals surface area (Å²) >= 11 is 0. The number of hydrogen-bond acceptors (Lipinski definition) is 2. The average Bonchev–Trinajstić information content (AvgIpc) is 2.84. The summed E-state index contributed by atoms with van der Waals surface area (Å²) in [7, 11) is 0. The summed E-state index contributed by atoms with van der Waals surface area (Å²) in [6.45, 7) is 2.29. The Balaban J connectivity index is 2.11. The fourth-order valence-corrected chi connectivity index (χ4v) is 2.98. The third-order valence-corrected chi connectivity index (χ3v) is 4.16. The fourth-order valence-electron chi connectivity index (χ4n) is 2.98. The van der Waals surface area contributed by atoms with Crippen LogP contribution >= 0.6 is 0 Å². The maximum absolute atomic E-state index is 9.12. The van der Waals surface area contributed by atoms with E-state index in [0.29, 0.717) is 5.56 Å². The normalized spacial score (nSPS) is 18.7. The van der Waals surface area contributed by atoms with E-state index in [1.807, 2.05) is 18.2 Å². The van der Waals surface area contributed by atoms with Gasteiger partial charge in [-0.15, -0.1) is 0 Å². The van der Waals surface area contributed by atoms with Gasteiger partial charge in [-0.05, 0) is 25.0 Å². The molecule has 0 radical (unpaired) electrons. The molecule has 1 aliphatic carbocycles. The van der Waals surface area contributed by atoms with Crippen molar-refractivity contribution in [1.82, 2.24) is 9.97 Å². The van der Waals surface area contributed by atoms with Gasteiger partial charge in [0.25, 0.3) is 0 Å². The van der Waals surface area contributed by atoms with E-state index in [4.69, 9.17) is 10.2 Å². The maximum atomic E-state index is 9.12. The molecule has 1 aliphatic rings. The zero-order valence-corrected chi connectivity index (χ0v) is 10.7. The first-order valence-corrected chi connectivity index (χ1v) is 6.62. The van der Waals surface area contributed by atoms with Crippen LogP contribution in [0.15, 0.2) is 18.2 Å². The third kappa shape index (κ3) is 1.69. The number of benzene rings is 1. The summed E-state index contributed by atoms with van der Waals surface area (Å²) < 4.78 is 0. The van der Waals surface area contributed by atoms with Crippen molar-refractivity contribution in [2.75, 3.05) is 0 Å². The van der Waals surface area contributed by atoms with Crippen LogP contribution in [0, 0.1) is 11.3 Å². The van der Waals surface area contributed by atoms with Gasteiger partial charge in [-0.1, -0.05) is 32.3 Å². The summed E-state index contributed by atoms with van der Waals surface area (Å²) in [4.78, 5) is 8.12. The SMILES string of the molecule is CC1(c2nc3c(C#N)cccc3[nH]2)CCCCC1. The van der Waals surface area contributed by atoms with Gasteiger partial charge in [0.2, 0.25) is 0 Å². The molecule has 0 saturated heterocycles. The predicted octanol–water partition coefficient (Wildman–Crippen LogP) is 3.66. The summed E-state index contributed by atoms with van der Waals surface area (Å²) in [6.07, 6.45) is 6.26. The summed E-state index contributed by atoms with van der Waals surface area (Å²) in [5, 5.41) is 9.12. The number of H-pyrrole nitrogens is 1. The second kappa shape index (κ2) is 4.13. The van der Waals surface area contributed by atoms with Crippen molar-refractivity contribution in [3.63, 3.8) is 0 Å². The molecule has 1 saturated carbocycles. The maximum Gasteiger partial charge on any atom is 0.113 e. The molecule has 1 fully saturated rings. The van der Waals surface area contributed by atoms with Gasteiger partial charge < -0.3 is 4.98 Å². The molecule has 18 heavy (non-hydrogen) atoms. The van der Waals surface area contributed by atoms with E-state index in [1.165, 1.54) is 32.1 Å². The molecule has 0 atom stereocenters. The number of rotatable bonds is 1. The van der Waals surface area contributed by atoms with E-state index in [2.05, 4.69) is 18.0 Å². The van der Waals surface area contributed by atoms with E-state index >= 15 is 0 Å². The van der Waals surface area contributed by atoms with Gasteiger partial charge >= 0.3 is 0 Å². The number of para-hydroxylation sites is 1. The molecule has 1 aromatic heterocycles. The Hall–Kier alpha value is -1.82. The minimum atomic E-state index is 0.157. The van der Waals surface area contributed by atoms with Gasteiger partial charge in [-0.2, -0.15) is 5.26 Å². The topological polar surface area (TPSA) is 52.5 Å². The molecule has 92 valence electrons. The molecule has 3 rings (SSSR count). The molecule has 3 nitrogen and oxygen atoms in total. The second-order valence-electron chi connectivity index (χ2n) is 5.52. The number of imidazole rings is 1. The van der Waals surface area contributed by atoms with Crippen molar-refractivity contribution < 1.29 is 0 Å². The van der Waals surface area contributed by atoms with E-state index < -0.39 is 0 Å². The quantitative estimate of drug-likeness (QED) is 0.825. The molecule has 1 N–H and O–H groups in total. The Morgan fingerprint density at radius 2 is 2.06 bits per heavy atom. The Bertz CT molecular complexity index is 612. The average molecular weight is 239 g/mol. The third-order valence-electron chi connectivity index (χ3n) is 4.16. The highest BCUT2D eigenvalue weighted by Crippen LogP contribution is 2.38. The summed E-state index contributed by atoms with van der Waals surface area (Å²) in [6, 6.07) is 7.95. The fraction of sp³-hybridized carbons (Fsp3) is 0.467. The molecule has 0 spiro atoms. The molecule has 0 aliphatic heterocycles. The number of hydrogen-bond donors (Lipinski definition) is 1. The highest BCUT2D eigenvalue weighted by Gasteiger charge is 2.31. The molecule has 3 heteroatoms. The first-order valence-electron chi connectivity index (χ1n) is 6.62. The molecule has 0 bridgehead atoms. The standard InChI is InChI=1S/C15H17N3/c1-15(8-3-2-4-9-15)14-17-12-7-5-6-11(10-16)13(12)18-14/h5-7H,2-4,8-9H2,1H3,(H,17,18). The van der Waals surface area contributed by atoms with Crippen LogP contribution in [0.1, 0.15) is 50.4 Å². The van der Waals surface area contributed by atoms with Crippen LogP contribution in [0.2, 0.25) is 0 Å². The van der Waals surface area contributed by atoms with E-state index in [0.717, 1.165) is 16.9 Å². The number of nitrogens with one attached hydrogen (secondary N) is 1. The van der Waals surface area contributed by atoms with Crippen molar-refractivity contribution in [2.24, 2.45) is 0 Å². The van der Waals surface area contributed by atoms with Gasteiger partial charge in [0.1, 0.15) is 17.4 Å². The monoisotopic (exact) mass is 239 g/mol. The van der Waals surface area contributed by atoms with Crippen LogP contribution in [0.25, 0.3) is 11.0 Å². The minimum absolute atomic E-state index is 0.157. The zero-order valence-electron chi connectivity index (χ0n) is 10.7. The number of aromatic amines is 1. The lowest BCUT2D eigenvalue weighted by Crippen LogP contribution is -2.26. The molecular weight excluding hydrogens is 222 g/mol. The van der Waals surface area contributed by atoms with Crippen LogP contribution in [-0.2, 0) is 5.41 Å². The van der Waals surface area contributed by atoms with Crippen LogP contribution in [-0.4, -0.2) is 9.97 Å². The van der Waals surface area contributed by atoms with E-state index in [1.54, 1.807) is 0 Å². The second-order valence-corrected chi connectivity index (χ2v) is 5.52. The first-order chi connectivity index (χ1) is 8.73. The smallest absolute Gasteiger partial charge is 0.113 e. The molecule has 1 heterocycles. The van der Waals surface area contributed by atoms with Gasteiger partial charge in [0.15, 0.2) is 0 Å². The first kappa shape index (κ1) is 11.3. The van der Waals surface area contributed by atoms with Crippen molar-refractivity contribution >= 4 is 11.0 Å². The molecule has 1 aromatic carbocycles. The Labute approximate surface area is 107 Å². The van der Waals surface area contributed by atoms with E-state index in [9.17, 15) is 0 Å². The lowest BCUT2D eigenvalue weighted by molar-refractivity contribution is 0.306. The molecule has 0 amide bonds. The Morgan fingerprint density at radius 3 is 2.78 bits per heavy atom. The lowest BCUT2D eigenvalue weighted by Gasteiger charge is -2.31. The van der Waals surface area contributed by atoms with Gasteiger partial charge in [-0.25, -0.2) is 4.98 Å². The lowest BCUT2D eigenvalue weighted by atomic mass is 9.75. The summed E-state index contributed by atoms with van der Waals surface area (Å²) in [5.41, 5.74) is 2.62. The van der Waals surface area contributed by atoms with Crippen LogP contribution in [0.3, 0.4) is 0 Å². The largest absolute Gasteiger partial charge is 0.341 e. The molecular formula is C15H17N3. The van der Waals surface area contributed by atoms with E-state index in [-0.39, 0.29) is 5.41 Å². The van der Waals surface area contributed by atoms with Crippen LogP contribution in [0.5, 0.6) is 0 Å². The minimum Gasteiger partial charge on any atom is -0.341 e.